The number of rotatable bonds is 2. The smallest absolute Gasteiger partial charge is 0.250 e. The average Bonchev–Trinajstić information content (AvgIpc) is 2.14. The van der Waals surface area contributed by atoms with Crippen molar-refractivity contribution in [2.24, 2.45) is 11.3 Å². The average molecular weight is 268 g/mol. The number of carbonyl (C=O) groups excluding carboxylic acids is 1. The summed E-state index contributed by atoms with van der Waals surface area (Å²) in [5, 5.41) is 2.53. The van der Waals surface area contributed by atoms with Gasteiger partial charge in [-0.3, -0.25) is 4.79 Å². The maximum atomic E-state index is 13.5. The highest BCUT2D eigenvalue weighted by atomic mass is 35.5. The largest absolute Gasteiger partial charge is 0.306 e. The first-order valence-electron chi connectivity index (χ1n) is 5.83. The fraction of sp³-hybridized carbons (Fsp3) is 0.917. The normalized spacial score (nSPS) is 31.4. The van der Waals surface area contributed by atoms with E-state index in [1.807, 2.05) is 0 Å². The molecule has 1 aliphatic heterocycles. The standard InChI is InChI=1S/C12H20ClF2NO/c1-11(2,3)10(17)9-8(12(4,14)15)5-7(13)6-16-9/h7-9,16H,5-6H2,1-4H3. The number of ketones is 1. The maximum Gasteiger partial charge on any atom is 0.250 e. The van der Waals surface area contributed by atoms with Gasteiger partial charge in [-0.1, -0.05) is 20.8 Å². The topological polar surface area (TPSA) is 29.1 Å². The summed E-state index contributed by atoms with van der Waals surface area (Å²) < 4.78 is 27.1. The molecule has 3 atom stereocenters. The second-order valence-corrected chi connectivity index (χ2v) is 6.51. The summed E-state index contributed by atoms with van der Waals surface area (Å²) in [6.07, 6.45) is 0.171. The first-order valence-corrected chi connectivity index (χ1v) is 6.26. The summed E-state index contributed by atoms with van der Waals surface area (Å²) in [6.45, 7) is 6.50. The monoisotopic (exact) mass is 267 g/mol. The van der Waals surface area contributed by atoms with E-state index in [9.17, 15) is 13.6 Å². The fourth-order valence-corrected chi connectivity index (χ4v) is 2.41. The van der Waals surface area contributed by atoms with Crippen LogP contribution < -0.4 is 5.32 Å². The molecular weight excluding hydrogens is 248 g/mol. The lowest BCUT2D eigenvalue weighted by molar-refractivity contribution is -0.137. The zero-order valence-corrected chi connectivity index (χ0v) is 11.4. The Kier molecular flexibility index (Phi) is 4.20. The molecule has 0 aromatic carbocycles. The Morgan fingerprint density at radius 1 is 1.29 bits per heavy atom. The zero-order valence-electron chi connectivity index (χ0n) is 10.7. The van der Waals surface area contributed by atoms with Crippen LogP contribution in [0.5, 0.6) is 0 Å². The first-order chi connectivity index (χ1) is 7.53. The van der Waals surface area contributed by atoms with E-state index in [-0.39, 0.29) is 17.6 Å². The molecule has 0 saturated carbocycles. The molecule has 17 heavy (non-hydrogen) atoms. The highest BCUT2D eigenvalue weighted by Crippen LogP contribution is 2.36. The van der Waals surface area contributed by atoms with Gasteiger partial charge in [0.25, 0.3) is 0 Å². The lowest BCUT2D eigenvalue weighted by Gasteiger charge is -2.39. The van der Waals surface area contributed by atoms with Crippen LogP contribution in [0.3, 0.4) is 0 Å². The summed E-state index contributed by atoms with van der Waals surface area (Å²) in [6, 6.07) is -0.801. The molecular formula is C12H20ClF2NO. The summed E-state index contributed by atoms with van der Waals surface area (Å²) >= 11 is 5.89. The summed E-state index contributed by atoms with van der Waals surface area (Å²) in [5.41, 5.74) is -0.625. The van der Waals surface area contributed by atoms with Crippen LogP contribution in [0.4, 0.5) is 8.78 Å². The number of hydrogen-bond acceptors (Lipinski definition) is 2. The molecule has 3 unspecified atom stereocenters. The molecule has 0 aromatic rings. The van der Waals surface area contributed by atoms with Crippen molar-refractivity contribution in [2.45, 2.75) is 51.5 Å². The number of carbonyl (C=O) groups is 1. The van der Waals surface area contributed by atoms with E-state index in [0.717, 1.165) is 6.92 Å². The first kappa shape index (κ1) is 14.8. The molecule has 2 nitrogen and oxygen atoms in total. The molecule has 1 fully saturated rings. The quantitative estimate of drug-likeness (QED) is 0.780. The Balaban J connectivity index is 2.92. The van der Waals surface area contributed by atoms with Crippen LogP contribution in [0.1, 0.15) is 34.1 Å². The minimum absolute atomic E-state index is 0.171. The van der Waals surface area contributed by atoms with E-state index in [4.69, 9.17) is 11.6 Å². The fourth-order valence-electron chi connectivity index (χ4n) is 2.13. The van der Waals surface area contributed by atoms with Gasteiger partial charge >= 0.3 is 0 Å². The van der Waals surface area contributed by atoms with Gasteiger partial charge in [0.2, 0.25) is 5.92 Å². The van der Waals surface area contributed by atoms with Gasteiger partial charge in [0, 0.05) is 23.3 Å². The van der Waals surface area contributed by atoms with Crippen LogP contribution >= 0.6 is 11.6 Å². The molecule has 0 bridgehead atoms. The molecule has 5 heteroatoms. The van der Waals surface area contributed by atoms with Crippen molar-refractivity contribution in [2.75, 3.05) is 6.54 Å². The van der Waals surface area contributed by atoms with Gasteiger partial charge in [0.1, 0.15) is 0 Å². The minimum Gasteiger partial charge on any atom is -0.306 e. The third-order valence-corrected chi connectivity index (χ3v) is 3.48. The van der Waals surface area contributed by atoms with Crippen LogP contribution in [0.15, 0.2) is 0 Å². The van der Waals surface area contributed by atoms with Crippen molar-refractivity contribution in [1.82, 2.24) is 5.32 Å². The molecule has 1 heterocycles. The van der Waals surface area contributed by atoms with Crippen molar-refractivity contribution in [3.8, 4) is 0 Å². The van der Waals surface area contributed by atoms with Gasteiger partial charge in [-0.2, -0.15) is 0 Å². The third kappa shape index (κ3) is 3.62. The minimum atomic E-state index is -2.90. The molecule has 0 spiro atoms. The van der Waals surface area contributed by atoms with Crippen molar-refractivity contribution in [1.29, 1.82) is 0 Å². The van der Waals surface area contributed by atoms with Crippen molar-refractivity contribution in [3.05, 3.63) is 0 Å². The number of hydrogen-bond donors (Lipinski definition) is 1. The molecule has 0 aliphatic carbocycles. The third-order valence-electron chi connectivity index (χ3n) is 3.14. The summed E-state index contributed by atoms with van der Waals surface area (Å²) in [5.74, 6) is -4.09. The second kappa shape index (κ2) is 4.81. The SMILES string of the molecule is CC(C)(C)C(=O)C1NCC(Cl)CC1C(C)(F)F. The maximum absolute atomic E-state index is 13.5. The van der Waals surface area contributed by atoms with E-state index in [2.05, 4.69) is 5.32 Å². The van der Waals surface area contributed by atoms with Gasteiger partial charge in [-0.05, 0) is 13.3 Å². The number of alkyl halides is 3. The van der Waals surface area contributed by atoms with Crippen LogP contribution in [0, 0.1) is 11.3 Å². The van der Waals surface area contributed by atoms with E-state index in [0.29, 0.717) is 6.54 Å². The van der Waals surface area contributed by atoms with E-state index < -0.39 is 23.3 Å². The lowest BCUT2D eigenvalue weighted by atomic mass is 9.76. The number of piperidine rings is 1. The highest BCUT2D eigenvalue weighted by Gasteiger charge is 2.48. The van der Waals surface area contributed by atoms with Crippen molar-refractivity contribution < 1.29 is 13.6 Å². The Morgan fingerprint density at radius 2 is 1.82 bits per heavy atom. The number of halogens is 3. The molecule has 0 amide bonds. The molecule has 100 valence electrons. The predicted molar refractivity (Wildman–Crippen MR) is 64.6 cm³/mol. The second-order valence-electron chi connectivity index (χ2n) is 5.90. The van der Waals surface area contributed by atoms with E-state index >= 15 is 0 Å². The van der Waals surface area contributed by atoms with Crippen molar-refractivity contribution >= 4 is 17.4 Å². The molecule has 1 rings (SSSR count). The summed E-state index contributed by atoms with van der Waals surface area (Å²) in [7, 11) is 0. The van der Waals surface area contributed by atoms with Gasteiger partial charge in [0.15, 0.2) is 5.78 Å². The van der Waals surface area contributed by atoms with Gasteiger partial charge in [-0.25, -0.2) is 8.78 Å². The van der Waals surface area contributed by atoms with Gasteiger partial charge in [0.05, 0.1) is 6.04 Å². The Bertz CT molecular complexity index is 296. The van der Waals surface area contributed by atoms with E-state index in [1.165, 1.54) is 0 Å². The van der Waals surface area contributed by atoms with E-state index in [1.54, 1.807) is 20.8 Å². The lowest BCUT2D eigenvalue weighted by Crippen LogP contribution is -2.57. The molecule has 0 radical (unpaired) electrons. The molecule has 1 saturated heterocycles. The van der Waals surface area contributed by atoms with Crippen LogP contribution in [-0.4, -0.2) is 29.7 Å². The zero-order chi connectivity index (χ0) is 13.4. The molecule has 0 aromatic heterocycles. The van der Waals surface area contributed by atoms with Crippen LogP contribution in [-0.2, 0) is 4.79 Å². The molecule has 1 N–H and O–H groups in total. The summed E-state index contributed by atoms with van der Waals surface area (Å²) in [4.78, 5) is 12.1. The highest BCUT2D eigenvalue weighted by molar-refractivity contribution is 6.20. The van der Waals surface area contributed by atoms with Crippen molar-refractivity contribution in [3.63, 3.8) is 0 Å². The number of Topliss-reactive ketones (excluding diaryl/α,β-unsaturated/α-hetero) is 1. The predicted octanol–water partition coefficient (Wildman–Crippen LogP) is 2.84. The van der Waals surface area contributed by atoms with Gasteiger partial charge < -0.3 is 5.32 Å². The van der Waals surface area contributed by atoms with Crippen LogP contribution in [0.2, 0.25) is 0 Å². The Morgan fingerprint density at radius 3 is 2.24 bits per heavy atom. The molecule has 1 aliphatic rings. The van der Waals surface area contributed by atoms with Crippen LogP contribution in [0.25, 0.3) is 0 Å². The number of nitrogens with one attached hydrogen (secondary N) is 1. The Labute approximate surface area is 106 Å². The Hall–Kier alpha value is -0.220. The van der Waals surface area contributed by atoms with Gasteiger partial charge in [-0.15, -0.1) is 11.6 Å².